The molecule has 0 aromatic carbocycles. The number of carbonyl (C=O) groups excluding carboxylic acids is 1. The Labute approximate surface area is 119 Å². The first-order chi connectivity index (χ1) is 9.28. The van der Waals surface area contributed by atoms with Crippen molar-refractivity contribution >= 4 is 15.7 Å². The zero-order valence-corrected chi connectivity index (χ0v) is 13.0. The van der Waals surface area contributed by atoms with Crippen LogP contribution in [0.4, 0.5) is 0 Å². The van der Waals surface area contributed by atoms with Crippen LogP contribution in [-0.2, 0) is 23.3 Å². The number of hydrogen-bond acceptors (Lipinski definition) is 4. The van der Waals surface area contributed by atoms with Gasteiger partial charge in [0.25, 0.3) is 5.91 Å². The van der Waals surface area contributed by atoms with Crippen LogP contribution in [0, 0.1) is 5.92 Å². The fraction of sp³-hybridized carbons (Fsp3) is 0.692. The molecule has 0 aliphatic carbocycles. The molecule has 0 radical (unpaired) electrons. The van der Waals surface area contributed by atoms with Gasteiger partial charge in [-0.25, -0.2) is 8.42 Å². The lowest BCUT2D eigenvalue weighted by Gasteiger charge is -2.26. The molecule has 2 heterocycles. The molecule has 6 nitrogen and oxygen atoms in total. The number of amides is 1. The maximum Gasteiger partial charge on any atom is 0.272 e. The van der Waals surface area contributed by atoms with E-state index in [1.807, 2.05) is 6.07 Å². The molecule has 1 saturated heterocycles. The van der Waals surface area contributed by atoms with Crippen LogP contribution in [0.1, 0.15) is 30.0 Å². The van der Waals surface area contributed by atoms with E-state index in [1.165, 1.54) is 0 Å². The van der Waals surface area contributed by atoms with Crippen molar-refractivity contribution in [2.75, 3.05) is 24.6 Å². The summed E-state index contributed by atoms with van der Waals surface area (Å²) in [6, 6.07) is 1.81. The molecular formula is C13H21N3O3S. The highest BCUT2D eigenvalue weighted by Gasteiger charge is 2.27. The van der Waals surface area contributed by atoms with Crippen LogP contribution in [-0.4, -0.2) is 53.6 Å². The van der Waals surface area contributed by atoms with Gasteiger partial charge in [-0.1, -0.05) is 13.8 Å². The summed E-state index contributed by atoms with van der Waals surface area (Å²) in [7, 11) is -1.22. The molecule has 0 N–H and O–H groups in total. The first-order valence-electron chi connectivity index (χ1n) is 6.81. The second-order valence-electron chi connectivity index (χ2n) is 5.69. The lowest BCUT2D eigenvalue weighted by Crippen LogP contribution is -2.44. The van der Waals surface area contributed by atoms with Gasteiger partial charge in [-0.3, -0.25) is 9.48 Å². The topological polar surface area (TPSA) is 72.3 Å². The normalized spacial score (nSPS) is 18.5. The number of carbonyl (C=O) groups is 1. The molecule has 1 aromatic rings. The first kappa shape index (κ1) is 15.0. The van der Waals surface area contributed by atoms with E-state index in [4.69, 9.17) is 0 Å². The van der Waals surface area contributed by atoms with Crippen LogP contribution in [0.15, 0.2) is 6.07 Å². The average Bonchev–Trinajstić information content (AvgIpc) is 2.68. The van der Waals surface area contributed by atoms with Gasteiger partial charge in [0.05, 0.1) is 17.2 Å². The van der Waals surface area contributed by atoms with E-state index in [2.05, 4.69) is 18.9 Å². The Morgan fingerprint density at radius 2 is 1.95 bits per heavy atom. The predicted molar refractivity (Wildman–Crippen MR) is 76.3 cm³/mol. The van der Waals surface area contributed by atoms with E-state index in [1.54, 1.807) is 16.6 Å². The van der Waals surface area contributed by atoms with Crippen molar-refractivity contribution in [3.8, 4) is 0 Å². The zero-order valence-electron chi connectivity index (χ0n) is 12.2. The maximum atomic E-state index is 12.4. The van der Waals surface area contributed by atoms with Gasteiger partial charge in [-0.15, -0.1) is 0 Å². The van der Waals surface area contributed by atoms with E-state index >= 15 is 0 Å². The molecule has 7 heteroatoms. The minimum Gasteiger partial charge on any atom is -0.335 e. The predicted octanol–water partition coefficient (Wildman–Crippen LogP) is 0.489. The summed E-state index contributed by atoms with van der Waals surface area (Å²) >= 11 is 0. The van der Waals surface area contributed by atoms with Crippen LogP contribution in [0.3, 0.4) is 0 Å². The number of hydrogen-bond donors (Lipinski definition) is 0. The lowest BCUT2D eigenvalue weighted by molar-refractivity contribution is 0.0759. The van der Waals surface area contributed by atoms with E-state index in [-0.39, 0.29) is 30.5 Å². The van der Waals surface area contributed by atoms with Crippen molar-refractivity contribution in [2.24, 2.45) is 13.0 Å². The molecule has 1 aromatic heterocycles. The fourth-order valence-electron chi connectivity index (χ4n) is 2.32. The van der Waals surface area contributed by atoms with Crippen LogP contribution in [0.2, 0.25) is 0 Å². The number of aromatic nitrogens is 2. The van der Waals surface area contributed by atoms with Gasteiger partial charge in [-0.2, -0.15) is 5.10 Å². The number of sulfone groups is 1. The van der Waals surface area contributed by atoms with Gasteiger partial charge in [0, 0.05) is 20.1 Å². The molecule has 0 unspecified atom stereocenters. The van der Waals surface area contributed by atoms with Gasteiger partial charge in [0.2, 0.25) is 0 Å². The first-order valence-corrected chi connectivity index (χ1v) is 8.63. The molecule has 1 aliphatic rings. The fourth-order valence-corrected chi connectivity index (χ4v) is 3.52. The summed E-state index contributed by atoms with van der Waals surface area (Å²) in [5, 5.41) is 4.35. The average molecular weight is 299 g/mol. The second-order valence-corrected chi connectivity index (χ2v) is 7.99. The van der Waals surface area contributed by atoms with Gasteiger partial charge >= 0.3 is 0 Å². The molecule has 1 fully saturated rings. The van der Waals surface area contributed by atoms with Crippen LogP contribution < -0.4 is 0 Å². The van der Waals surface area contributed by atoms with Crippen molar-refractivity contribution in [2.45, 2.75) is 20.3 Å². The molecule has 0 atom stereocenters. The van der Waals surface area contributed by atoms with Crippen molar-refractivity contribution < 1.29 is 13.2 Å². The third kappa shape index (κ3) is 3.39. The highest BCUT2D eigenvalue weighted by molar-refractivity contribution is 7.91. The molecule has 1 amide bonds. The summed E-state index contributed by atoms with van der Waals surface area (Å²) in [5.74, 6) is 0.447. The monoisotopic (exact) mass is 299 g/mol. The van der Waals surface area contributed by atoms with Crippen molar-refractivity contribution in [3.05, 3.63) is 17.5 Å². The Kier molecular flexibility index (Phi) is 4.17. The molecule has 0 bridgehead atoms. The third-order valence-electron chi connectivity index (χ3n) is 3.40. The Morgan fingerprint density at radius 1 is 1.35 bits per heavy atom. The van der Waals surface area contributed by atoms with Crippen LogP contribution >= 0.6 is 0 Å². The van der Waals surface area contributed by atoms with Crippen LogP contribution in [0.5, 0.6) is 0 Å². The van der Waals surface area contributed by atoms with Gasteiger partial charge in [0.1, 0.15) is 5.69 Å². The van der Waals surface area contributed by atoms with Crippen molar-refractivity contribution in [1.82, 2.24) is 14.7 Å². The second kappa shape index (κ2) is 5.55. The lowest BCUT2D eigenvalue weighted by atomic mass is 10.1. The van der Waals surface area contributed by atoms with Gasteiger partial charge in [0.15, 0.2) is 9.84 Å². The maximum absolute atomic E-state index is 12.4. The summed E-state index contributed by atoms with van der Waals surface area (Å²) in [6.07, 6.45) is 0.829. The van der Waals surface area contributed by atoms with E-state index in [0.717, 1.165) is 12.1 Å². The number of rotatable bonds is 3. The molecule has 20 heavy (non-hydrogen) atoms. The van der Waals surface area contributed by atoms with Crippen molar-refractivity contribution in [1.29, 1.82) is 0 Å². The Morgan fingerprint density at radius 3 is 2.50 bits per heavy atom. The van der Waals surface area contributed by atoms with E-state index in [9.17, 15) is 13.2 Å². The summed E-state index contributed by atoms with van der Waals surface area (Å²) in [4.78, 5) is 14.0. The van der Waals surface area contributed by atoms with Crippen LogP contribution in [0.25, 0.3) is 0 Å². The Bertz CT molecular complexity index is 590. The van der Waals surface area contributed by atoms with E-state index < -0.39 is 9.84 Å². The molecule has 0 spiro atoms. The van der Waals surface area contributed by atoms with E-state index in [0.29, 0.717) is 11.6 Å². The van der Waals surface area contributed by atoms with Gasteiger partial charge < -0.3 is 4.90 Å². The largest absolute Gasteiger partial charge is 0.335 e. The highest BCUT2D eigenvalue weighted by Crippen LogP contribution is 2.13. The Balaban J connectivity index is 2.11. The standard InChI is InChI=1S/C13H21N3O3S/c1-10(2)8-11-9-12(15(3)14-11)13(17)16-4-6-20(18,19)7-5-16/h9-10H,4-8H2,1-3H3. The third-order valence-corrected chi connectivity index (χ3v) is 5.01. The zero-order chi connectivity index (χ0) is 14.9. The molecule has 0 saturated carbocycles. The number of nitrogens with zero attached hydrogens (tertiary/aromatic N) is 3. The molecular weight excluding hydrogens is 278 g/mol. The smallest absolute Gasteiger partial charge is 0.272 e. The molecule has 2 rings (SSSR count). The SMILES string of the molecule is CC(C)Cc1cc(C(=O)N2CCS(=O)(=O)CC2)n(C)n1. The highest BCUT2D eigenvalue weighted by atomic mass is 32.2. The quantitative estimate of drug-likeness (QED) is 0.814. The molecule has 1 aliphatic heterocycles. The van der Waals surface area contributed by atoms with Gasteiger partial charge in [-0.05, 0) is 18.4 Å². The summed E-state index contributed by atoms with van der Waals surface area (Å²) < 4.78 is 24.4. The minimum atomic E-state index is -2.97. The van der Waals surface area contributed by atoms with Crippen molar-refractivity contribution in [3.63, 3.8) is 0 Å². The Hall–Kier alpha value is -1.37. The summed E-state index contributed by atoms with van der Waals surface area (Å²) in [6.45, 7) is 4.75. The summed E-state index contributed by atoms with van der Waals surface area (Å²) in [5.41, 5.74) is 1.43. The number of aryl methyl sites for hydroxylation is 1. The minimum absolute atomic E-state index is 0.0510. The molecule has 112 valence electrons.